The Hall–Kier alpha value is -2.93. The number of nitrogens with zero attached hydrogens (tertiary/aromatic N) is 2. The molecular weight excluding hydrogens is 386 g/mol. The highest BCUT2D eigenvalue weighted by molar-refractivity contribution is 7.08. The Morgan fingerprint density at radius 1 is 1.24 bits per heavy atom. The van der Waals surface area contributed by atoms with E-state index in [1.165, 1.54) is 6.26 Å². The number of likely N-dealkylation sites (tertiary alicyclic amines) is 1. The van der Waals surface area contributed by atoms with Crippen LogP contribution in [0.3, 0.4) is 0 Å². The summed E-state index contributed by atoms with van der Waals surface area (Å²) in [6, 6.07) is 9.83. The van der Waals surface area contributed by atoms with E-state index in [-0.39, 0.29) is 17.9 Å². The van der Waals surface area contributed by atoms with Crippen LogP contribution in [0.2, 0.25) is 0 Å². The summed E-state index contributed by atoms with van der Waals surface area (Å²) in [6.45, 7) is 3.30. The molecule has 150 valence electrons. The number of benzene rings is 1. The molecule has 0 bridgehead atoms. The van der Waals surface area contributed by atoms with Gasteiger partial charge in [-0.05, 0) is 59.9 Å². The maximum Gasteiger partial charge on any atom is 0.276 e. The van der Waals surface area contributed by atoms with Crippen molar-refractivity contribution in [1.82, 2.24) is 15.2 Å². The molecule has 1 unspecified atom stereocenters. The minimum absolute atomic E-state index is 0.000488. The number of aromatic nitrogens is 1. The normalized spacial score (nSPS) is 16.2. The Morgan fingerprint density at radius 2 is 2.07 bits per heavy atom. The van der Waals surface area contributed by atoms with Crippen LogP contribution in [-0.2, 0) is 17.8 Å². The molecule has 7 heteroatoms. The minimum Gasteiger partial charge on any atom is -0.444 e. The zero-order valence-electron chi connectivity index (χ0n) is 16.3. The molecule has 1 N–H and O–H groups in total. The van der Waals surface area contributed by atoms with Gasteiger partial charge in [-0.1, -0.05) is 12.1 Å². The fraction of sp³-hybridized carbons (Fsp3) is 0.318. The maximum atomic E-state index is 12.6. The van der Waals surface area contributed by atoms with E-state index in [1.807, 2.05) is 46.0 Å². The number of hydrogen-bond acceptors (Lipinski definition) is 5. The molecule has 4 rings (SSSR count). The molecule has 0 saturated carbocycles. The van der Waals surface area contributed by atoms with E-state index >= 15 is 0 Å². The van der Waals surface area contributed by atoms with Crippen molar-refractivity contribution in [3.05, 3.63) is 64.2 Å². The van der Waals surface area contributed by atoms with Crippen LogP contribution in [0.1, 0.15) is 41.4 Å². The predicted molar refractivity (Wildman–Crippen MR) is 112 cm³/mol. The van der Waals surface area contributed by atoms with Crippen molar-refractivity contribution in [3.63, 3.8) is 0 Å². The second kappa shape index (κ2) is 8.61. The molecule has 1 aliphatic heterocycles. The Kier molecular flexibility index (Phi) is 5.76. The molecule has 1 saturated heterocycles. The molecule has 1 aliphatic rings. The molecule has 0 aliphatic carbocycles. The van der Waals surface area contributed by atoms with Gasteiger partial charge in [0.2, 0.25) is 11.8 Å². The summed E-state index contributed by atoms with van der Waals surface area (Å²) in [5, 5.41) is 6.87. The van der Waals surface area contributed by atoms with Gasteiger partial charge >= 0.3 is 0 Å². The summed E-state index contributed by atoms with van der Waals surface area (Å²) >= 11 is 1.59. The zero-order valence-corrected chi connectivity index (χ0v) is 17.1. The summed E-state index contributed by atoms with van der Waals surface area (Å²) in [5.74, 6) is 0.350. The van der Waals surface area contributed by atoms with E-state index in [0.29, 0.717) is 24.6 Å². The molecule has 1 atom stereocenters. The zero-order chi connectivity index (χ0) is 20.2. The van der Waals surface area contributed by atoms with E-state index in [1.54, 1.807) is 11.3 Å². The molecule has 2 amide bonds. The van der Waals surface area contributed by atoms with Gasteiger partial charge in [0.15, 0.2) is 5.69 Å². The average molecular weight is 410 g/mol. The first kappa shape index (κ1) is 19.4. The Balaban J connectivity index is 1.35. The van der Waals surface area contributed by atoms with E-state index < -0.39 is 0 Å². The van der Waals surface area contributed by atoms with E-state index in [4.69, 9.17) is 4.42 Å². The van der Waals surface area contributed by atoms with E-state index in [9.17, 15) is 9.59 Å². The minimum atomic E-state index is -0.0741. The van der Waals surface area contributed by atoms with E-state index in [2.05, 4.69) is 17.2 Å². The van der Waals surface area contributed by atoms with Crippen LogP contribution in [-0.4, -0.2) is 34.3 Å². The second-order valence-corrected chi connectivity index (χ2v) is 8.09. The van der Waals surface area contributed by atoms with Crippen molar-refractivity contribution >= 4 is 23.2 Å². The van der Waals surface area contributed by atoms with Gasteiger partial charge in [0.1, 0.15) is 6.26 Å². The molecule has 1 fully saturated rings. The Labute approximate surface area is 173 Å². The van der Waals surface area contributed by atoms with Crippen molar-refractivity contribution < 1.29 is 14.0 Å². The number of nitrogens with one attached hydrogen (secondary N) is 1. The quantitative estimate of drug-likeness (QED) is 0.670. The van der Waals surface area contributed by atoms with Gasteiger partial charge in [-0.3, -0.25) is 9.59 Å². The monoisotopic (exact) mass is 409 g/mol. The van der Waals surface area contributed by atoms with Crippen molar-refractivity contribution in [3.8, 4) is 11.5 Å². The highest BCUT2D eigenvalue weighted by Crippen LogP contribution is 2.23. The average Bonchev–Trinajstić information content (AvgIpc) is 3.48. The first-order valence-electron chi connectivity index (χ1n) is 9.74. The van der Waals surface area contributed by atoms with Crippen molar-refractivity contribution in [2.24, 2.45) is 0 Å². The number of amides is 2. The molecule has 6 nitrogen and oxygen atoms in total. The number of carbonyl (C=O) groups is 2. The predicted octanol–water partition coefficient (Wildman–Crippen LogP) is 3.89. The summed E-state index contributed by atoms with van der Waals surface area (Å²) in [7, 11) is 0. The topological polar surface area (TPSA) is 75.4 Å². The van der Waals surface area contributed by atoms with Gasteiger partial charge in [-0.25, -0.2) is 4.98 Å². The van der Waals surface area contributed by atoms with Crippen LogP contribution >= 0.6 is 11.3 Å². The summed E-state index contributed by atoms with van der Waals surface area (Å²) in [6.07, 6.45) is 3.89. The smallest absolute Gasteiger partial charge is 0.276 e. The SMILES string of the molecule is CC1CCCN1C(=O)c1coc(-c2ccc(CNC(=O)Cc3ccsc3)cc2)n1. The number of rotatable bonds is 6. The summed E-state index contributed by atoms with van der Waals surface area (Å²) in [5.41, 5.74) is 3.16. The standard InChI is InChI=1S/C22H23N3O3S/c1-15-3-2-9-25(15)22(27)19-13-28-21(24-19)18-6-4-16(5-7-18)12-23-20(26)11-17-8-10-29-14-17/h4-8,10,13-15H,2-3,9,11-12H2,1H3,(H,23,26). The fourth-order valence-corrected chi connectivity index (χ4v) is 4.16. The lowest BCUT2D eigenvalue weighted by Gasteiger charge is -2.19. The largest absolute Gasteiger partial charge is 0.444 e. The Morgan fingerprint density at radius 3 is 2.76 bits per heavy atom. The Bertz CT molecular complexity index is 979. The number of oxazole rings is 1. The van der Waals surface area contributed by atoms with Crippen LogP contribution in [0.15, 0.2) is 51.8 Å². The van der Waals surface area contributed by atoms with Gasteiger partial charge in [-0.2, -0.15) is 11.3 Å². The van der Waals surface area contributed by atoms with Gasteiger partial charge in [0.05, 0.1) is 6.42 Å². The molecule has 2 aromatic heterocycles. The molecule has 29 heavy (non-hydrogen) atoms. The van der Waals surface area contributed by atoms with Crippen molar-refractivity contribution in [1.29, 1.82) is 0 Å². The van der Waals surface area contributed by atoms with Crippen LogP contribution in [0.5, 0.6) is 0 Å². The van der Waals surface area contributed by atoms with Gasteiger partial charge in [-0.15, -0.1) is 0 Å². The van der Waals surface area contributed by atoms with E-state index in [0.717, 1.165) is 36.1 Å². The van der Waals surface area contributed by atoms with Crippen molar-refractivity contribution in [2.75, 3.05) is 6.54 Å². The molecule has 0 radical (unpaired) electrons. The van der Waals surface area contributed by atoms with Crippen LogP contribution in [0.4, 0.5) is 0 Å². The summed E-state index contributed by atoms with van der Waals surface area (Å²) in [4.78, 5) is 30.8. The van der Waals surface area contributed by atoms with Gasteiger partial charge in [0.25, 0.3) is 5.91 Å². The maximum absolute atomic E-state index is 12.6. The lowest BCUT2D eigenvalue weighted by Crippen LogP contribution is -2.33. The molecule has 3 aromatic rings. The molecule has 3 heterocycles. The van der Waals surface area contributed by atoms with Crippen LogP contribution < -0.4 is 5.32 Å². The molecule has 1 aromatic carbocycles. The highest BCUT2D eigenvalue weighted by atomic mass is 32.1. The van der Waals surface area contributed by atoms with Crippen LogP contribution in [0.25, 0.3) is 11.5 Å². The number of hydrogen-bond donors (Lipinski definition) is 1. The third-order valence-electron chi connectivity index (χ3n) is 5.17. The first-order chi connectivity index (χ1) is 14.1. The molecule has 0 spiro atoms. The van der Waals surface area contributed by atoms with Gasteiger partial charge < -0.3 is 14.6 Å². The third-order valence-corrected chi connectivity index (χ3v) is 5.90. The number of thiophene rings is 1. The highest BCUT2D eigenvalue weighted by Gasteiger charge is 2.28. The number of carbonyl (C=O) groups excluding carboxylic acids is 2. The van der Waals surface area contributed by atoms with Gasteiger partial charge in [0, 0.05) is 24.7 Å². The third kappa shape index (κ3) is 4.56. The second-order valence-electron chi connectivity index (χ2n) is 7.31. The van der Waals surface area contributed by atoms with Crippen LogP contribution in [0, 0.1) is 0 Å². The first-order valence-corrected chi connectivity index (χ1v) is 10.7. The fourth-order valence-electron chi connectivity index (χ4n) is 3.49. The lowest BCUT2D eigenvalue weighted by molar-refractivity contribution is -0.120. The lowest BCUT2D eigenvalue weighted by atomic mass is 10.1. The molecular formula is C22H23N3O3S. The summed E-state index contributed by atoms with van der Waals surface area (Å²) < 4.78 is 5.54. The van der Waals surface area contributed by atoms with Crippen molar-refractivity contribution in [2.45, 2.75) is 38.8 Å².